The van der Waals surface area contributed by atoms with E-state index in [1.165, 1.54) is 0 Å². The van der Waals surface area contributed by atoms with Gasteiger partial charge in [0.1, 0.15) is 0 Å². The van der Waals surface area contributed by atoms with E-state index in [-0.39, 0.29) is 90.5 Å². The van der Waals surface area contributed by atoms with E-state index in [9.17, 15) is 0 Å². The Labute approximate surface area is 89.3 Å². The van der Waals surface area contributed by atoms with Gasteiger partial charge >= 0.3 is 39.3 Å². The summed E-state index contributed by atoms with van der Waals surface area (Å²) in [5, 5.41) is 0. The van der Waals surface area contributed by atoms with Crippen LogP contribution < -0.4 is 0 Å². The molecule has 0 aromatic carbocycles. The first kappa shape index (κ1) is 46.3. The molecule has 5 heavy (non-hydrogen) atoms. The fraction of sp³-hybridized carbons (Fsp3) is 0. The molecule has 28 valence electrons. The molecule has 0 saturated carbocycles. The maximum absolute atomic E-state index is 0. The van der Waals surface area contributed by atoms with Gasteiger partial charge in [-0.05, 0) is 0 Å². The molecule has 0 atom stereocenters. The molecule has 0 nitrogen and oxygen atoms in total. The largest absolute Gasteiger partial charge is 4.00 e. The van der Waals surface area contributed by atoms with Crippen LogP contribution in [0, 0.1) is 0 Å². The zero-order valence-electron chi connectivity index (χ0n) is 2.13. The van der Waals surface area contributed by atoms with Gasteiger partial charge in [-0.2, -0.15) is 0 Å². The molecule has 0 aromatic heterocycles. The average Bonchev–Trinajstić information content (AvgIpc) is 0. The van der Waals surface area contributed by atoms with Crippen molar-refractivity contribution >= 4 is 64.7 Å². The predicted molar refractivity (Wildman–Crippen MR) is 24.6 cm³/mol. The maximum Gasteiger partial charge on any atom is 4.00 e. The summed E-state index contributed by atoms with van der Waals surface area (Å²) in [6, 6.07) is 0. The molecule has 0 amide bonds. The van der Waals surface area contributed by atoms with Crippen molar-refractivity contribution in [2.45, 2.75) is 0 Å². The van der Waals surface area contributed by atoms with Crippen LogP contribution in [-0.2, 0) is 39.3 Å². The first-order chi connectivity index (χ1) is 0. The molecule has 0 fully saturated rings. The third-order valence-electron chi connectivity index (χ3n) is 0. The summed E-state index contributed by atoms with van der Waals surface area (Å²) in [6.07, 6.45) is 0. The summed E-state index contributed by atoms with van der Waals surface area (Å²) in [4.78, 5) is 0. The molecule has 0 spiro atoms. The van der Waals surface area contributed by atoms with Gasteiger partial charge in [0, 0.05) is 0 Å². The third kappa shape index (κ3) is 20.0. The molecule has 0 unspecified atom stereocenters. The van der Waals surface area contributed by atoms with Gasteiger partial charge in [-0.25, -0.2) is 0 Å². The molecular formula is HfSSe3. The molecule has 0 N–H and O–H groups in total. The summed E-state index contributed by atoms with van der Waals surface area (Å²) in [5.74, 6) is 0. The van der Waals surface area contributed by atoms with Crippen LogP contribution in [0.1, 0.15) is 0 Å². The van der Waals surface area contributed by atoms with E-state index < -0.39 is 0 Å². The van der Waals surface area contributed by atoms with Crippen LogP contribution in [0.15, 0.2) is 0 Å². The minimum atomic E-state index is 0. The Bertz CT molecular complexity index is 6.85. The van der Waals surface area contributed by atoms with Crippen molar-refractivity contribution < 1.29 is 25.8 Å². The van der Waals surface area contributed by atoms with E-state index in [0.717, 1.165) is 0 Å². The van der Waals surface area contributed by atoms with Gasteiger partial charge in [0.15, 0.2) is 0 Å². The molecule has 0 aliphatic rings. The van der Waals surface area contributed by atoms with Crippen molar-refractivity contribution in [1.82, 2.24) is 0 Å². The quantitative estimate of drug-likeness (QED) is 0.412. The van der Waals surface area contributed by atoms with E-state index in [1.54, 1.807) is 0 Å². The summed E-state index contributed by atoms with van der Waals surface area (Å²) >= 11 is 0. The Balaban J connectivity index is 0. The second-order valence-corrected chi connectivity index (χ2v) is 0. The van der Waals surface area contributed by atoms with Gasteiger partial charge in [0.2, 0.25) is 0 Å². The topological polar surface area (TPSA) is 0 Å². The minimum absolute atomic E-state index is 0. The summed E-state index contributed by atoms with van der Waals surface area (Å²) in [6.45, 7) is 0. The van der Waals surface area contributed by atoms with E-state index in [0.29, 0.717) is 0 Å². The van der Waals surface area contributed by atoms with Gasteiger partial charge < -0.3 is 51.2 Å². The van der Waals surface area contributed by atoms with Crippen LogP contribution in [0.3, 0.4) is 0 Å². The Morgan fingerprint density at radius 2 is 0.600 bits per heavy atom. The first-order valence-electron chi connectivity index (χ1n) is 0. The molecule has 5 heteroatoms. The zero-order chi connectivity index (χ0) is 0. The van der Waals surface area contributed by atoms with Gasteiger partial charge in [-0.3, -0.25) is 0 Å². The fourth-order valence-electron chi connectivity index (χ4n) is 0. The second-order valence-electron chi connectivity index (χ2n) is 0. The maximum atomic E-state index is 0. The fourth-order valence-corrected chi connectivity index (χ4v) is 0. The van der Waals surface area contributed by atoms with Gasteiger partial charge in [0.25, 0.3) is 0 Å². The van der Waals surface area contributed by atoms with Crippen LogP contribution in [0.2, 0.25) is 0 Å². The van der Waals surface area contributed by atoms with Crippen LogP contribution in [0.5, 0.6) is 0 Å². The SMILES string of the molecule is [Hf+4].[S+2].[Se-2].[Se-2].[Se-2]. The van der Waals surface area contributed by atoms with Crippen LogP contribution in [-0.4, -0.2) is 51.2 Å². The predicted octanol–water partition coefficient (Wildman–Crippen LogP) is -1.15. The summed E-state index contributed by atoms with van der Waals surface area (Å²) in [5.41, 5.74) is 0. The minimum Gasteiger partial charge on any atom is -2.00 e. The van der Waals surface area contributed by atoms with Crippen molar-refractivity contribution in [3.8, 4) is 0 Å². The number of rotatable bonds is 0. The molecule has 0 aromatic rings. The van der Waals surface area contributed by atoms with E-state index in [2.05, 4.69) is 0 Å². The monoisotopic (exact) mass is 452 g/mol. The van der Waals surface area contributed by atoms with Crippen molar-refractivity contribution in [1.29, 1.82) is 0 Å². The van der Waals surface area contributed by atoms with Crippen molar-refractivity contribution in [3.63, 3.8) is 0 Å². The van der Waals surface area contributed by atoms with E-state index in [4.69, 9.17) is 0 Å². The number of hydrogen-bond donors (Lipinski definition) is 0. The first-order valence-corrected chi connectivity index (χ1v) is 0. The van der Waals surface area contributed by atoms with Gasteiger partial charge in [-0.1, -0.05) is 0 Å². The zero-order valence-corrected chi connectivity index (χ0v) is 11.7. The summed E-state index contributed by atoms with van der Waals surface area (Å²) in [7, 11) is 0. The van der Waals surface area contributed by atoms with Crippen molar-refractivity contribution in [2.24, 2.45) is 0 Å². The standard InChI is InChI=1S/Hf.S.3Se/q+4;+2;3*-2. The second kappa shape index (κ2) is 29.3. The smallest absolute Gasteiger partial charge is 2.00 e. The normalized spacial score (nSPS) is 0. The van der Waals surface area contributed by atoms with Gasteiger partial charge in [-0.15, -0.1) is 0 Å². The number of hydrogen-bond acceptors (Lipinski definition) is 0. The Morgan fingerprint density at radius 1 is 0.600 bits per heavy atom. The third-order valence-corrected chi connectivity index (χ3v) is 0. The molecule has 0 bridgehead atoms. The van der Waals surface area contributed by atoms with Crippen LogP contribution in [0.4, 0.5) is 0 Å². The van der Waals surface area contributed by atoms with Crippen molar-refractivity contribution in [2.75, 3.05) is 0 Å². The Kier molecular flexibility index (Phi) is 271. The molecule has 0 saturated heterocycles. The average molecular weight is 447 g/mol. The molecule has 0 aliphatic heterocycles. The van der Waals surface area contributed by atoms with Crippen LogP contribution in [0.25, 0.3) is 0 Å². The Morgan fingerprint density at radius 3 is 0.600 bits per heavy atom. The van der Waals surface area contributed by atoms with Gasteiger partial charge in [0.05, 0.1) is 0 Å². The van der Waals surface area contributed by atoms with E-state index in [1.807, 2.05) is 0 Å². The Hall–Kier alpha value is 2.78. The summed E-state index contributed by atoms with van der Waals surface area (Å²) < 4.78 is 0. The molecule has 0 rings (SSSR count). The molecule has 0 aliphatic carbocycles. The van der Waals surface area contributed by atoms with Crippen LogP contribution >= 0.6 is 0 Å². The molecule has 0 heterocycles. The molecule has 4 radical (unpaired) electrons. The molecular weight excluding hydrogens is 447 g/mol. The van der Waals surface area contributed by atoms with E-state index >= 15 is 0 Å². The van der Waals surface area contributed by atoms with Crippen molar-refractivity contribution in [3.05, 3.63) is 0 Å².